The van der Waals surface area contributed by atoms with Crippen molar-refractivity contribution in [3.63, 3.8) is 0 Å². The van der Waals surface area contributed by atoms with Crippen molar-refractivity contribution in [2.45, 2.75) is 84.8 Å². The highest BCUT2D eigenvalue weighted by Crippen LogP contribution is 2.38. The molecule has 1 heterocycles. The molecule has 1 aliphatic heterocycles. The minimum absolute atomic E-state index is 0.0350. The summed E-state index contributed by atoms with van der Waals surface area (Å²) < 4.78 is 11.9. The quantitative estimate of drug-likeness (QED) is 0.741. The molecule has 1 N–H and O–H groups in total. The first-order valence-corrected chi connectivity index (χ1v) is 10.3. The van der Waals surface area contributed by atoms with Gasteiger partial charge in [0.15, 0.2) is 0 Å². The Labute approximate surface area is 174 Å². The van der Waals surface area contributed by atoms with Gasteiger partial charge in [-0.1, -0.05) is 44.2 Å². The number of rotatable bonds is 6. The van der Waals surface area contributed by atoms with Gasteiger partial charge in [0.05, 0.1) is 18.1 Å². The number of ether oxygens (including phenoxy) is 2. The molecule has 162 valence electrons. The SMILES string of the molecule is CC(C)C(C[C@@H]1OC(C)(C)N(C(=O)OC(C)(C)C)[C@H]1Cc1ccccc1)C(=O)O. The van der Waals surface area contributed by atoms with Crippen molar-refractivity contribution in [2.75, 3.05) is 0 Å². The number of hydrogen-bond acceptors (Lipinski definition) is 4. The number of carboxylic acid groups (broad SMARTS) is 1. The maximum Gasteiger partial charge on any atom is 0.412 e. The van der Waals surface area contributed by atoms with E-state index in [1.165, 1.54) is 0 Å². The molecule has 1 saturated heterocycles. The second kappa shape index (κ2) is 8.74. The van der Waals surface area contributed by atoms with Gasteiger partial charge < -0.3 is 14.6 Å². The summed E-state index contributed by atoms with van der Waals surface area (Å²) in [6.07, 6.45) is 0.0647. The molecule has 1 unspecified atom stereocenters. The van der Waals surface area contributed by atoms with Gasteiger partial charge in [-0.15, -0.1) is 0 Å². The van der Waals surface area contributed by atoms with E-state index < -0.39 is 35.4 Å². The first-order valence-electron chi connectivity index (χ1n) is 10.3. The minimum Gasteiger partial charge on any atom is -0.481 e. The highest BCUT2D eigenvalue weighted by molar-refractivity contribution is 5.71. The molecule has 29 heavy (non-hydrogen) atoms. The van der Waals surface area contributed by atoms with Crippen LogP contribution in [0.5, 0.6) is 0 Å². The number of hydrogen-bond donors (Lipinski definition) is 1. The molecule has 0 radical (unpaired) electrons. The first kappa shape index (κ1) is 23.2. The molecule has 6 heteroatoms. The van der Waals surface area contributed by atoms with Gasteiger partial charge in [-0.2, -0.15) is 0 Å². The van der Waals surface area contributed by atoms with Crippen LogP contribution in [0.25, 0.3) is 0 Å². The van der Waals surface area contributed by atoms with Gasteiger partial charge in [0, 0.05) is 0 Å². The van der Waals surface area contributed by atoms with Gasteiger partial charge in [0.25, 0.3) is 0 Å². The van der Waals surface area contributed by atoms with Gasteiger partial charge in [-0.05, 0) is 58.9 Å². The third kappa shape index (κ3) is 5.95. The lowest BCUT2D eigenvalue weighted by atomic mass is 9.87. The van der Waals surface area contributed by atoms with Crippen LogP contribution in [0.3, 0.4) is 0 Å². The van der Waals surface area contributed by atoms with E-state index in [9.17, 15) is 14.7 Å². The maximum atomic E-state index is 13.1. The Hall–Kier alpha value is -2.08. The second-order valence-electron chi connectivity index (χ2n) is 9.63. The molecule has 0 bridgehead atoms. The molecule has 0 aromatic heterocycles. The number of amides is 1. The number of carboxylic acids is 1. The summed E-state index contributed by atoms with van der Waals surface area (Å²) in [5.74, 6) is -1.42. The minimum atomic E-state index is -0.896. The standard InChI is InChI=1S/C23H35NO5/c1-15(2)17(20(25)26)14-19-18(13-16-11-9-8-10-12-16)24(23(6,7)28-19)21(27)29-22(3,4)5/h8-12,15,17-19H,13-14H2,1-7H3,(H,25,26)/t17?,18-,19-/m0/s1. The maximum absolute atomic E-state index is 13.1. The fraction of sp³-hybridized carbons (Fsp3) is 0.652. The molecule has 3 atom stereocenters. The second-order valence-corrected chi connectivity index (χ2v) is 9.63. The van der Waals surface area contributed by atoms with Crippen LogP contribution >= 0.6 is 0 Å². The Morgan fingerprint density at radius 2 is 1.79 bits per heavy atom. The van der Waals surface area contributed by atoms with Crippen LogP contribution in [0.4, 0.5) is 4.79 Å². The monoisotopic (exact) mass is 405 g/mol. The van der Waals surface area contributed by atoms with Gasteiger partial charge >= 0.3 is 12.1 Å². The van der Waals surface area contributed by atoms with Crippen molar-refractivity contribution in [3.05, 3.63) is 35.9 Å². The fourth-order valence-electron chi connectivity index (χ4n) is 3.93. The third-order valence-electron chi connectivity index (χ3n) is 5.27. The zero-order valence-corrected chi connectivity index (χ0v) is 18.6. The van der Waals surface area contributed by atoms with E-state index in [1.807, 2.05) is 78.8 Å². The molecule has 0 saturated carbocycles. The van der Waals surface area contributed by atoms with Gasteiger partial charge in [0.2, 0.25) is 0 Å². The normalized spacial score (nSPS) is 22.6. The lowest BCUT2D eigenvalue weighted by Crippen LogP contribution is -2.51. The Balaban J connectivity index is 2.38. The van der Waals surface area contributed by atoms with E-state index in [4.69, 9.17) is 9.47 Å². The molecule has 1 aliphatic rings. The van der Waals surface area contributed by atoms with Crippen molar-refractivity contribution < 1.29 is 24.2 Å². The molecule has 1 fully saturated rings. The summed E-state index contributed by atoms with van der Waals surface area (Å²) in [6.45, 7) is 13.0. The van der Waals surface area contributed by atoms with Crippen molar-refractivity contribution in [3.8, 4) is 0 Å². The van der Waals surface area contributed by atoms with Crippen molar-refractivity contribution in [1.29, 1.82) is 0 Å². The van der Waals surface area contributed by atoms with E-state index in [0.29, 0.717) is 12.8 Å². The summed E-state index contributed by atoms with van der Waals surface area (Å²) in [6, 6.07) is 9.55. The van der Waals surface area contributed by atoms with E-state index >= 15 is 0 Å². The van der Waals surface area contributed by atoms with Crippen LogP contribution in [-0.4, -0.2) is 45.5 Å². The summed E-state index contributed by atoms with van der Waals surface area (Å²) in [5.41, 5.74) is -0.468. The van der Waals surface area contributed by atoms with E-state index in [2.05, 4.69) is 0 Å². The van der Waals surface area contributed by atoms with E-state index in [0.717, 1.165) is 5.56 Å². The fourth-order valence-corrected chi connectivity index (χ4v) is 3.93. The van der Waals surface area contributed by atoms with Crippen LogP contribution in [0.1, 0.15) is 60.5 Å². The first-order chi connectivity index (χ1) is 13.3. The van der Waals surface area contributed by atoms with E-state index in [1.54, 1.807) is 4.90 Å². The van der Waals surface area contributed by atoms with Crippen LogP contribution in [0.2, 0.25) is 0 Å². The Morgan fingerprint density at radius 3 is 2.28 bits per heavy atom. The Bertz CT molecular complexity index is 708. The smallest absolute Gasteiger partial charge is 0.412 e. The predicted molar refractivity (Wildman–Crippen MR) is 112 cm³/mol. The Kier molecular flexibility index (Phi) is 6.99. The zero-order valence-electron chi connectivity index (χ0n) is 18.6. The summed E-state index contributed by atoms with van der Waals surface area (Å²) in [4.78, 5) is 26.5. The van der Waals surface area contributed by atoms with E-state index in [-0.39, 0.29) is 12.0 Å². The molecule has 0 aliphatic carbocycles. The molecule has 1 aromatic rings. The number of carbonyl (C=O) groups excluding carboxylic acids is 1. The largest absolute Gasteiger partial charge is 0.481 e. The molecule has 1 aromatic carbocycles. The highest BCUT2D eigenvalue weighted by Gasteiger charge is 2.52. The molecule has 0 spiro atoms. The number of carbonyl (C=O) groups is 2. The molecular weight excluding hydrogens is 370 g/mol. The van der Waals surface area contributed by atoms with Crippen molar-refractivity contribution in [1.82, 2.24) is 4.90 Å². The molecule has 6 nitrogen and oxygen atoms in total. The zero-order chi connectivity index (χ0) is 22.0. The summed E-state index contributed by atoms with van der Waals surface area (Å²) >= 11 is 0. The van der Waals surface area contributed by atoms with Crippen molar-refractivity contribution in [2.24, 2.45) is 11.8 Å². The number of nitrogens with zero attached hydrogens (tertiary/aromatic N) is 1. The number of benzene rings is 1. The summed E-state index contributed by atoms with van der Waals surface area (Å²) in [5, 5.41) is 9.68. The average Bonchev–Trinajstić information content (AvgIpc) is 2.81. The van der Waals surface area contributed by atoms with Crippen LogP contribution < -0.4 is 0 Å². The van der Waals surface area contributed by atoms with Gasteiger partial charge in [-0.25, -0.2) is 4.79 Å². The van der Waals surface area contributed by atoms with Crippen LogP contribution in [-0.2, 0) is 20.7 Å². The van der Waals surface area contributed by atoms with Crippen LogP contribution in [0.15, 0.2) is 30.3 Å². The molecule has 2 rings (SSSR count). The highest BCUT2D eigenvalue weighted by atomic mass is 16.6. The molecular formula is C23H35NO5. The third-order valence-corrected chi connectivity index (χ3v) is 5.27. The van der Waals surface area contributed by atoms with Crippen molar-refractivity contribution >= 4 is 12.1 Å². The lowest BCUT2D eigenvalue weighted by Gasteiger charge is -2.35. The predicted octanol–water partition coefficient (Wildman–Crippen LogP) is 4.72. The van der Waals surface area contributed by atoms with Gasteiger partial charge in [-0.3, -0.25) is 9.69 Å². The Morgan fingerprint density at radius 1 is 1.21 bits per heavy atom. The summed E-state index contributed by atoms with van der Waals surface area (Å²) in [7, 11) is 0. The lowest BCUT2D eigenvalue weighted by molar-refractivity contribution is -0.146. The molecule has 1 amide bonds. The van der Waals surface area contributed by atoms with Crippen LogP contribution in [0, 0.1) is 11.8 Å². The topological polar surface area (TPSA) is 76.1 Å². The van der Waals surface area contributed by atoms with Gasteiger partial charge in [0.1, 0.15) is 11.3 Å². The average molecular weight is 406 g/mol. The number of aliphatic carboxylic acids is 1.